The quantitative estimate of drug-likeness (QED) is 0.830. The third kappa shape index (κ3) is 4.10. The fourth-order valence-electron chi connectivity index (χ4n) is 2.43. The number of ether oxygens (including phenoxy) is 1. The summed E-state index contributed by atoms with van der Waals surface area (Å²) < 4.78 is 5.82. The first kappa shape index (κ1) is 15.6. The maximum atomic E-state index is 5.82. The van der Waals surface area contributed by atoms with E-state index in [1.165, 1.54) is 16.8 Å². The van der Waals surface area contributed by atoms with Gasteiger partial charge in [0.05, 0.1) is 12.3 Å². The molecule has 0 radical (unpaired) electrons. The van der Waals surface area contributed by atoms with E-state index in [4.69, 9.17) is 4.74 Å². The van der Waals surface area contributed by atoms with Crippen molar-refractivity contribution in [2.45, 2.75) is 52.9 Å². The highest BCUT2D eigenvalue weighted by Crippen LogP contribution is 2.24. The molecule has 0 saturated heterocycles. The van der Waals surface area contributed by atoms with E-state index >= 15 is 0 Å². The fraction of sp³-hybridized carbons (Fsp3) is 0.500. The van der Waals surface area contributed by atoms with Crippen LogP contribution in [-0.4, -0.2) is 16.8 Å². The number of H-pyrrole nitrogens is 1. The van der Waals surface area contributed by atoms with E-state index in [0.717, 1.165) is 30.9 Å². The van der Waals surface area contributed by atoms with Crippen LogP contribution in [0.1, 0.15) is 49.7 Å². The Kier molecular flexibility index (Phi) is 4.71. The van der Waals surface area contributed by atoms with Crippen molar-refractivity contribution in [3.63, 3.8) is 0 Å². The zero-order valence-electron chi connectivity index (χ0n) is 13.8. The predicted molar refractivity (Wildman–Crippen MR) is 87.0 cm³/mol. The molecular weight excluding hydrogens is 260 g/mol. The van der Waals surface area contributed by atoms with Gasteiger partial charge in [-0.25, -0.2) is 0 Å². The van der Waals surface area contributed by atoms with Crippen LogP contribution in [0.3, 0.4) is 0 Å². The van der Waals surface area contributed by atoms with E-state index in [1.54, 1.807) is 0 Å². The molecule has 1 aromatic heterocycles. The molecule has 2 rings (SSSR count). The van der Waals surface area contributed by atoms with Gasteiger partial charge < -0.3 is 4.74 Å². The lowest BCUT2D eigenvalue weighted by molar-refractivity contribution is 0.310. The number of nitrogens with zero attached hydrogens (tertiary/aromatic N) is 1. The van der Waals surface area contributed by atoms with E-state index in [2.05, 4.69) is 62.2 Å². The number of nitrogens with one attached hydrogen (secondary N) is 1. The highest BCUT2D eigenvalue weighted by molar-refractivity contribution is 5.31. The van der Waals surface area contributed by atoms with E-state index in [1.807, 2.05) is 6.92 Å². The highest BCUT2D eigenvalue weighted by atomic mass is 16.5. The Morgan fingerprint density at radius 2 is 1.76 bits per heavy atom. The SMILES string of the molecule is Cc1n[nH]c(C)c1CCCOc1ccc(C(C)(C)C)cc1. The van der Waals surface area contributed by atoms with Gasteiger partial charge in [-0.05, 0) is 55.4 Å². The molecule has 0 aliphatic rings. The summed E-state index contributed by atoms with van der Waals surface area (Å²) in [6.07, 6.45) is 2.01. The van der Waals surface area contributed by atoms with Crippen molar-refractivity contribution in [1.82, 2.24) is 10.2 Å². The molecule has 0 aliphatic carbocycles. The van der Waals surface area contributed by atoms with Crippen molar-refractivity contribution >= 4 is 0 Å². The first-order valence-corrected chi connectivity index (χ1v) is 7.61. The molecule has 3 nitrogen and oxygen atoms in total. The minimum atomic E-state index is 0.189. The van der Waals surface area contributed by atoms with Crippen LogP contribution in [0.25, 0.3) is 0 Å². The normalized spacial score (nSPS) is 11.7. The van der Waals surface area contributed by atoms with Crippen LogP contribution < -0.4 is 4.74 Å². The number of rotatable bonds is 5. The monoisotopic (exact) mass is 286 g/mol. The molecule has 0 atom stereocenters. The van der Waals surface area contributed by atoms with Crippen LogP contribution in [0.5, 0.6) is 5.75 Å². The van der Waals surface area contributed by atoms with Crippen LogP contribution in [0.15, 0.2) is 24.3 Å². The molecule has 0 fully saturated rings. The molecule has 21 heavy (non-hydrogen) atoms. The summed E-state index contributed by atoms with van der Waals surface area (Å²) in [5, 5.41) is 7.24. The van der Waals surface area contributed by atoms with E-state index < -0.39 is 0 Å². The summed E-state index contributed by atoms with van der Waals surface area (Å²) in [6, 6.07) is 8.43. The molecule has 1 aromatic carbocycles. The van der Waals surface area contributed by atoms with Gasteiger partial charge >= 0.3 is 0 Å². The molecule has 1 heterocycles. The van der Waals surface area contributed by atoms with Gasteiger partial charge in [0.1, 0.15) is 5.75 Å². The second-order valence-electron chi connectivity index (χ2n) is 6.64. The first-order valence-electron chi connectivity index (χ1n) is 7.61. The van der Waals surface area contributed by atoms with Gasteiger partial charge in [0.15, 0.2) is 0 Å². The summed E-state index contributed by atoms with van der Waals surface area (Å²) in [6.45, 7) is 11.5. The van der Waals surface area contributed by atoms with E-state index in [0.29, 0.717) is 0 Å². The van der Waals surface area contributed by atoms with Gasteiger partial charge in [-0.15, -0.1) is 0 Å². The van der Waals surface area contributed by atoms with Crippen LogP contribution in [0, 0.1) is 13.8 Å². The number of aromatic nitrogens is 2. The minimum absolute atomic E-state index is 0.189. The smallest absolute Gasteiger partial charge is 0.119 e. The van der Waals surface area contributed by atoms with Crippen molar-refractivity contribution in [2.24, 2.45) is 0 Å². The summed E-state index contributed by atoms with van der Waals surface area (Å²) in [7, 11) is 0. The number of aryl methyl sites for hydroxylation is 2. The topological polar surface area (TPSA) is 37.9 Å². The summed E-state index contributed by atoms with van der Waals surface area (Å²) in [5.41, 5.74) is 5.11. The van der Waals surface area contributed by atoms with Crippen molar-refractivity contribution in [2.75, 3.05) is 6.61 Å². The zero-order valence-corrected chi connectivity index (χ0v) is 13.8. The fourth-order valence-corrected chi connectivity index (χ4v) is 2.43. The van der Waals surface area contributed by atoms with Crippen molar-refractivity contribution in [3.05, 3.63) is 46.8 Å². The lowest BCUT2D eigenvalue weighted by Crippen LogP contribution is -2.10. The van der Waals surface area contributed by atoms with Crippen LogP contribution in [-0.2, 0) is 11.8 Å². The predicted octanol–water partition coefficient (Wildman–Crippen LogP) is 4.34. The Bertz CT molecular complexity index is 557. The Labute approximate surface area is 127 Å². The third-order valence-corrected chi connectivity index (χ3v) is 3.84. The third-order valence-electron chi connectivity index (χ3n) is 3.84. The lowest BCUT2D eigenvalue weighted by atomic mass is 9.87. The lowest BCUT2D eigenvalue weighted by Gasteiger charge is -2.19. The van der Waals surface area contributed by atoms with Gasteiger partial charge in [0, 0.05) is 5.69 Å². The summed E-state index contributed by atoms with van der Waals surface area (Å²) in [4.78, 5) is 0. The number of hydrogen-bond donors (Lipinski definition) is 1. The molecule has 0 bridgehead atoms. The summed E-state index contributed by atoms with van der Waals surface area (Å²) in [5.74, 6) is 0.948. The largest absolute Gasteiger partial charge is 0.494 e. The second kappa shape index (κ2) is 6.33. The molecular formula is C18H26N2O. The number of benzene rings is 1. The van der Waals surface area contributed by atoms with E-state index in [9.17, 15) is 0 Å². The molecule has 0 unspecified atom stereocenters. The van der Waals surface area contributed by atoms with Crippen molar-refractivity contribution < 1.29 is 4.74 Å². The second-order valence-corrected chi connectivity index (χ2v) is 6.64. The standard InChI is InChI=1S/C18H26N2O/c1-13-17(14(2)20-19-13)7-6-12-21-16-10-8-15(9-11-16)18(3,4)5/h8-11H,6-7,12H2,1-5H3,(H,19,20). The van der Waals surface area contributed by atoms with Gasteiger partial charge in [0.2, 0.25) is 0 Å². The molecule has 0 spiro atoms. The average molecular weight is 286 g/mol. The van der Waals surface area contributed by atoms with Crippen molar-refractivity contribution in [3.8, 4) is 5.75 Å². The number of aromatic amines is 1. The Morgan fingerprint density at radius 1 is 1.10 bits per heavy atom. The number of hydrogen-bond acceptors (Lipinski definition) is 2. The molecule has 3 heteroatoms. The molecule has 114 valence electrons. The minimum Gasteiger partial charge on any atom is -0.494 e. The average Bonchev–Trinajstić information content (AvgIpc) is 2.74. The molecule has 0 aliphatic heterocycles. The van der Waals surface area contributed by atoms with E-state index in [-0.39, 0.29) is 5.41 Å². The maximum Gasteiger partial charge on any atom is 0.119 e. The Hall–Kier alpha value is -1.77. The van der Waals surface area contributed by atoms with Gasteiger partial charge in [-0.1, -0.05) is 32.9 Å². The Balaban J connectivity index is 1.81. The molecule has 1 N–H and O–H groups in total. The zero-order chi connectivity index (χ0) is 15.5. The molecule has 0 saturated carbocycles. The first-order chi connectivity index (χ1) is 9.88. The maximum absolute atomic E-state index is 5.82. The van der Waals surface area contributed by atoms with Crippen LogP contribution >= 0.6 is 0 Å². The molecule has 0 amide bonds. The van der Waals surface area contributed by atoms with Gasteiger partial charge in [0.25, 0.3) is 0 Å². The van der Waals surface area contributed by atoms with Crippen LogP contribution in [0.4, 0.5) is 0 Å². The van der Waals surface area contributed by atoms with Crippen LogP contribution in [0.2, 0.25) is 0 Å². The Morgan fingerprint density at radius 3 is 2.29 bits per heavy atom. The van der Waals surface area contributed by atoms with Crippen molar-refractivity contribution in [1.29, 1.82) is 0 Å². The highest BCUT2D eigenvalue weighted by Gasteiger charge is 2.13. The van der Waals surface area contributed by atoms with Gasteiger partial charge in [-0.2, -0.15) is 5.10 Å². The van der Waals surface area contributed by atoms with Gasteiger partial charge in [-0.3, -0.25) is 5.10 Å². The molecule has 2 aromatic rings. The summed E-state index contributed by atoms with van der Waals surface area (Å²) >= 11 is 0.